The molecule has 0 aliphatic carbocycles. The highest BCUT2D eigenvalue weighted by atomic mass is 16.5. The molecule has 0 spiro atoms. The van der Waals surface area contributed by atoms with Gasteiger partial charge in [0.25, 0.3) is 11.5 Å². The minimum Gasteiger partial charge on any atom is -0.465 e. The molecule has 1 heterocycles. The summed E-state index contributed by atoms with van der Waals surface area (Å²) >= 11 is 0. The highest BCUT2D eigenvalue weighted by Gasteiger charge is 2.22. The van der Waals surface area contributed by atoms with Crippen LogP contribution in [0.3, 0.4) is 0 Å². The van der Waals surface area contributed by atoms with Crippen LogP contribution in [-0.2, 0) is 4.74 Å². The second kappa shape index (κ2) is 10.2. The number of rotatable bonds is 6. The van der Waals surface area contributed by atoms with E-state index in [1.54, 1.807) is 24.3 Å². The Morgan fingerprint density at radius 3 is 2.15 bits per heavy atom. The van der Waals surface area contributed by atoms with Gasteiger partial charge in [0.15, 0.2) is 0 Å². The Morgan fingerprint density at radius 2 is 1.53 bits per heavy atom. The van der Waals surface area contributed by atoms with Crippen molar-refractivity contribution in [2.45, 2.75) is 0 Å². The topological polar surface area (TPSA) is 114 Å². The Balaban J connectivity index is 1.68. The highest BCUT2D eigenvalue weighted by Crippen LogP contribution is 2.31. The zero-order valence-electron chi connectivity index (χ0n) is 18.2. The fraction of sp³-hybridized carbons (Fsp3) is 0.0385. The minimum atomic E-state index is -0.679. The van der Waals surface area contributed by atoms with E-state index in [1.807, 2.05) is 60.7 Å². The maximum absolute atomic E-state index is 13.1. The van der Waals surface area contributed by atoms with Crippen LogP contribution in [0, 0.1) is 0 Å². The molecule has 168 valence electrons. The number of ether oxygens (including phenoxy) is 1. The van der Waals surface area contributed by atoms with Crippen LogP contribution in [0.25, 0.3) is 22.4 Å². The van der Waals surface area contributed by atoms with Gasteiger partial charge in [-0.3, -0.25) is 9.59 Å². The summed E-state index contributed by atoms with van der Waals surface area (Å²) < 4.78 is 4.67. The van der Waals surface area contributed by atoms with Crippen LogP contribution in [0.2, 0.25) is 0 Å². The second-order valence-corrected chi connectivity index (χ2v) is 7.20. The molecule has 0 saturated heterocycles. The number of H-pyrrole nitrogens is 1. The molecule has 0 atom stereocenters. The van der Waals surface area contributed by atoms with E-state index in [0.717, 1.165) is 5.56 Å². The standard InChI is InChI=1S/C26H20N4O4/c1-34-26(33)20-14-12-17(13-15-20)16-27-29-24(31)22-21(18-8-4-2-5-9-18)23(28-30-25(22)32)19-10-6-3-7-11-19/h2-16H,1H3,(H,29,31)(H,30,32)/b27-16+. The number of aromatic amines is 1. The molecular formula is C26H20N4O4. The van der Waals surface area contributed by atoms with E-state index in [0.29, 0.717) is 27.9 Å². The predicted molar refractivity (Wildman–Crippen MR) is 129 cm³/mol. The molecule has 0 aliphatic rings. The van der Waals surface area contributed by atoms with Gasteiger partial charge in [-0.1, -0.05) is 72.8 Å². The van der Waals surface area contributed by atoms with Crippen molar-refractivity contribution in [3.8, 4) is 22.4 Å². The Hall–Kier alpha value is -4.85. The number of hydrogen-bond acceptors (Lipinski definition) is 6. The van der Waals surface area contributed by atoms with Gasteiger partial charge in [-0.25, -0.2) is 15.3 Å². The van der Waals surface area contributed by atoms with Gasteiger partial charge < -0.3 is 4.74 Å². The first-order chi connectivity index (χ1) is 16.6. The number of carbonyl (C=O) groups is 2. The average molecular weight is 452 g/mol. The molecule has 0 aliphatic heterocycles. The van der Waals surface area contributed by atoms with Gasteiger partial charge in [-0.2, -0.15) is 10.2 Å². The molecule has 1 amide bonds. The summed E-state index contributed by atoms with van der Waals surface area (Å²) in [7, 11) is 1.31. The van der Waals surface area contributed by atoms with Crippen LogP contribution in [0.15, 0.2) is 94.8 Å². The number of nitrogens with zero attached hydrogens (tertiary/aromatic N) is 2. The van der Waals surface area contributed by atoms with Crippen LogP contribution < -0.4 is 11.0 Å². The first-order valence-corrected chi connectivity index (χ1v) is 10.3. The van der Waals surface area contributed by atoms with Crippen molar-refractivity contribution in [2.75, 3.05) is 7.11 Å². The molecular weight excluding hydrogens is 432 g/mol. The smallest absolute Gasteiger partial charge is 0.337 e. The molecule has 4 rings (SSSR count). The Labute approximate surface area is 194 Å². The second-order valence-electron chi connectivity index (χ2n) is 7.20. The predicted octanol–water partition coefficient (Wildman–Crippen LogP) is 3.65. The number of methoxy groups -OCH3 is 1. The lowest BCUT2D eigenvalue weighted by atomic mass is 9.95. The Morgan fingerprint density at radius 1 is 0.912 bits per heavy atom. The summed E-state index contributed by atoms with van der Waals surface area (Å²) in [5, 5.41) is 10.6. The molecule has 34 heavy (non-hydrogen) atoms. The van der Waals surface area contributed by atoms with E-state index in [9.17, 15) is 14.4 Å². The van der Waals surface area contributed by atoms with Crippen molar-refractivity contribution in [3.63, 3.8) is 0 Å². The van der Waals surface area contributed by atoms with E-state index < -0.39 is 17.4 Å². The molecule has 2 N–H and O–H groups in total. The number of hydrazone groups is 1. The van der Waals surface area contributed by atoms with E-state index >= 15 is 0 Å². The van der Waals surface area contributed by atoms with E-state index in [1.165, 1.54) is 13.3 Å². The monoisotopic (exact) mass is 452 g/mol. The summed E-state index contributed by atoms with van der Waals surface area (Å²) in [5.74, 6) is -1.13. The molecule has 0 bridgehead atoms. The lowest BCUT2D eigenvalue weighted by molar-refractivity contribution is 0.0600. The lowest BCUT2D eigenvalue weighted by Crippen LogP contribution is -2.28. The molecule has 3 aromatic carbocycles. The zero-order chi connectivity index (χ0) is 23.9. The van der Waals surface area contributed by atoms with Crippen molar-refractivity contribution in [1.29, 1.82) is 0 Å². The van der Waals surface area contributed by atoms with Gasteiger partial charge in [0, 0.05) is 11.1 Å². The summed E-state index contributed by atoms with van der Waals surface area (Å²) in [6, 6.07) is 24.9. The number of aromatic nitrogens is 2. The van der Waals surface area contributed by atoms with Crippen molar-refractivity contribution in [2.24, 2.45) is 5.10 Å². The fourth-order valence-corrected chi connectivity index (χ4v) is 3.40. The average Bonchev–Trinajstić information content (AvgIpc) is 2.89. The van der Waals surface area contributed by atoms with Crippen molar-refractivity contribution in [3.05, 3.63) is 112 Å². The number of esters is 1. The highest BCUT2D eigenvalue weighted by molar-refractivity contribution is 6.04. The molecule has 0 unspecified atom stereocenters. The van der Waals surface area contributed by atoms with E-state index in [2.05, 4.69) is 25.5 Å². The maximum atomic E-state index is 13.1. The zero-order valence-corrected chi connectivity index (χ0v) is 18.2. The number of nitrogens with one attached hydrogen (secondary N) is 2. The number of amides is 1. The van der Waals surface area contributed by atoms with Gasteiger partial charge in [0.05, 0.1) is 24.6 Å². The fourth-order valence-electron chi connectivity index (χ4n) is 3.40. The SMILES string of the molecule is COC(=O)c1ccc(/C=N/NC(=O)c2c(-c3ccccc3)c(-c3ccccc3)n[nH]c2=O)cc1. The molecule has 8 heteroatoms. The van der Waals surface area contributed by atoms with Gasteiger partial charge in [0.2, 0.25) is 0 Å². The molecule has 4 aromatic rings. The number of hydrogen-bond donors (Lipinski definition) is 2. The van der Waals surface area contributed by atoms with Crippen LogP contribution in [0.4, 0.5) is 0 Å². The van der Waals surface area contributed by atoms with Gasteiger partial charge in [-0.05, 0) is 23.3 Å². The lowest BCUT2D eigenvalue weighted by Gasteiger charge is -2.12. The normalized spacial score (nSPS) is 10.7. The Bertz CT molecular complexity index is 1400. The van der Waals surface area contributed by atoms with Crippen molar-refractivity contribution >= 4 is 18.1 Å². The number of benzene rings is 3. The first kappa shape index (κ1) is 22.3. The van der Waals surface area contributed by atoms with Gasteiger partial charge in [0.1, 0.15) is 5.56 Å². The quantitative estimate of drug-likeness (QED) is 0.263. The molecule has 0 saturated carbocycles. The van der Waals surface area contributed by atoms with Crippen molar-refractivity contribution in [1.82, 2.24) is 15.6 Å². The van der Waals surface area contributed by atoms with E-state index in [4.69, 9.17) is 0 Å². The van der Waals surface area contributed by atoms with Crippen LogP contribution in [0.1, 0.15) is 26.3 Å². The third-order valence-electron chi connectivity index (χ3n) is 5.03. The molecule has 8 nitrogen and oxygen atoms in total. The van der Waals surface area contributed by atoms with Gasteiger partial charge in [-0.15, -0.1) is 0 Å². The van der Waals surface area contributed by atoms with Gasteiger partial charge >= 0.3 is 5.97 Å². The largest absolute Gasteiger partial charge is 0.465 e. The molecule has 1 aromatic heterocycles. The first-order valence-electron chi connectivity index (χ1n) is 10.3. The number of carbonyl (C=O) groups excluding carboxylic acids is 2. The summed E-state index contributed by atoms with van der Waals surface area (Å²) in [6.07, 6.45) is 1.41. The third-order valence-corrected chi connectivity index (χ3v) is 5.03. The minimum absolute atomic E-state index is 0.0988. The van der Waals surface area contributed by atoms with E-state index in [-0.39, 0.29) is 5.56 Å². The van der Waals surface area contributed by atoms with Crippen LogP contribution in [-0.4, -0.2) is 35.4 Å². The summed E-state index contributed by atoms with van der Waals surface area (Å²) in [4.78, 5) is 37.4. The van der Waals surface area contributed by atoms with Crippen LogP contribution in [0.5, 0.6) is 0 Å². The summed E-state index contributed by atoms with van der Waals surface area (Å²) in [6.45, 7) is 0. The summed E-state index contributed by atoms with van der Waals surface area (Å²) in [5.41, 5.74) is 5.03. The molecule has 0 fully saturated rings. The van der Waals surface area contributed by atoms with Crippen molar-refractivity contribution < 1.29 is 14.3 Å². The van der Waals surface area contributed by atoms with Crippen LogP contribution >= 0.6 is 0 Å². The third kappa shape index (κ3) is 4.81. The molecule has 0 radical (unpaired) electrons. The maximum Gasteiger partial charge on any atom is 0.337 e. The Kier molecular flexibility index (Phi) is 6.69.